The molecule has 0 saturated heterocycles. The number of aromatic nitrogens is 7. The fraction of sp³-hybridized carbons (Fsp3) is 0.432. The summed E-state index contributed by atoms with van der Waals surface area (Å²) in [6, 6.07) is 8.25. The molecule has 0 radical (unpaired) electrons. The van der Waals surface area contributed by atoms with Crippen molar-refractivity contribution in [2.45, 2.75) is 99.3 Å². The van der Waals surface area contributed by atoms with Gasteiger partial charge in [0.15, 0.2) is 9.66 Å². The van der Waals surface area contributed by atoms with Gasteiger partial charge in [-0.15, -0.1) is 22.7 Å². The number of aromatic amines is 1. The molecule has 0 aromatic carbocycles. The number of carbonyl (C=O) groups is 1. The van der Waals surface area contributed by atoms with Crippen LogP contribution in [0.15, 0.2) is 60.1 Å². The Morgan fingerprint density at radius 1 is 0.755 bits per heavy atom. The molecule has 12 heteroatoms. The molecule has 49 heavy (non-hydrogen) atoms. The number of H-pyrrole nitrogens is 1. The highest BCUT2D eigenvalue weighted by Gasteiger charge is 2.30. The number of nitrogens with one attached hydrogen (secondary N) is 1. The average molecular weight is 734 g/mol. The van der Waals surface area contributed by atoms with E-state index >= 15 is 0 Å². The predicted octanol–water partition coefficient (Wildman–Crippen LogP) is 11.2. The Morgan fingerprint density at radius 3 is 2.04 bits per heavy atom. The molecule has 7 aromatic heterocycles. The topological polar surface area (TPSA) is 93.8 Å². The maximum absolute atomic E-state index is 11.8. The Kier molecular flexibility index (Phi) is 10.3. The van der Waals surface area contributed by atoms with E-state index in [2.05, 4.69) is 120 Å². The number of allylic oxidation sites excluding steroid dienone is 1. The monoisotopic (exact) mass is 733 g/mol. The Morgan fingerprint density at radius 2 is 1.47 bits per heavy atom. The van der Waals surface area contributed by atoms with E-state index in [1.54, 1.807) is 44.8 Å². The smallest absolute Gasteiger partial charge is 0.258 e. The zero-order valence-corrected chi connectivity index (χ0v) is 33.8. The Bertz CT molecular complexity index is 1930. The number of imidazole rings is 1. The van der Waals surface area contributed by atoms with Gasteiger partial charge in [-0.3, -0.25) is 9.36 Å². The molecule has 0 bridgehead atoms. The molecule has 0 saturated carbocycles. The zero-order valence-electron chi connectivity index (χ0n) is 30.5. The molecule has 8 nitrogen and oxygen atoms in total. The molecule has 1 aliphatic heterocycles. The van der Waals surface area contributed by atoms with Crippen molar-refractivity contribution >= 4 is 82.2 Å². The third-order valence-corrected chi connectivity index (χ3v) is 12.6. The molecular weight excluding hydrogens is 687 g/mol. The van der Waals surface area contributed by atoms with Crippen molar-refractivity contribution in [3.8, 4) is 0 Å². The van der Waals surface area contributed by atoms with Gasteiger partial charge in [0.05, 0.1) is 16.5 Å². The van der Waals surface area contributed by atoms with E-state index in [1.807, 2.05) is 58.2 Å². The minimum absolute atomic E-state index is 0.0594. The lowest BCUT2D eigenvalue weighted by molar-refractivity contribution is 0.0941. The van der Waals surface area contributed by atoms with Gasteiger partial charge < -0.3 is 4.98 Å². The van der Waals surface area contributed by atoms with Crippen LogP contribution in [0.5, 0.6) is 0 Å². The number of fused-ring (bicyclic) bond motifs is 4. The number of hydrogen-bond donors (Lipinski definition) is 1. The van der Waals surface area contributed by atoms with Gasteiger partial charge in [0.25, 0.3) is 5.91 Å². The van der Waals surface area contributed by atoms with E-state index in [-0.39, 0.29) is 27.6 Å². The fourth-order valence-electron chi connectivity index (χ4n) is 4.63. The lowest BCUT2D eigenvalue weighted by Crippen LogP contribution is -2.18. The molecule has 0 unspecified atom stereocenters. The summed E-state index contributed by atoms with van der Waals surface area (Å²) in [5, 5.41) is 8.06. The van der Waals surface area contributed by atoms with Crippen molar-refractivity contribution in [3.05, 3.63) is 80.7 Å². The Hall–Kier alpha value is -3.45. The minimum atomic E-state index is -0.0594. The van der Waals surface area contributed by atoms with Crippen LogP contribution in [0.3, 0.4) is 0 Å². The van der Waals surface area contributed by atoms with Crippen LogP contribution in [-0.2, 0) is 16.2 Å². The van der Waals surface area contributed by atoms with Crippen molar-refractivity contribution in [1.82, 2.24) is 34.1 Å². The third kappa shape index (κ3) is 8.65. The number of thiophene rings is 1. The van der Waals surface area contributed by atoms with Gasteiger partial charge in [0, 0.05) is 51.0 Å². The first-order valence-corrected chi connectivity index (χ1v) is 19.6. The normalized spacial score (nSPS) is 13.5. The average Bonchev–Trinajstić information content (AvgIpc) is 3.77. The Labute approximate surface area is 305 Å². The maximum Gasteiger partial charge on any atom is 0.258 e. The number of carbonyl (C=O) groups excluding carboxylic acids is 1. The summed E-state index contributed by atoms with van der Waals surface area (Å²) in [6.45, 7) is 25.9. The molecule has 8 rings (SSSR count). The minimum Gasteiger partial charge on any atom is -0.353 e. The summed E-state index contributed by atoms with van der Waals surface area (Å²) >= 11 is 6.82. The summed E-state index contributed by atoms with van der Waals surface area (Å²) in [5.74, 6) is 0.118. The molecule has 8 heterocycles. The van der Waals surface area contributed by atoms with Gasteiger partial charge in [0.2, 0.25) is 4.96 Å². The van der Waals surface area contributed by atoms with Crippen molar-refractivity contribution in [2.75, 3.05) is 0 Å². The van der Waals surface area contributed by atoms with Gasteiger partial charge in [-0.1, -0.05) is 106 Å². The maximum atomic E-state index is 11.8. The molecule has 260 valence electrons. The van der Waals surface area contributed by atoms with Crippen LogP contribution in [0.25, 0.3) is 30.9 Å². The van der Waals surface area contributed by atoms with Crippen LogP contribution in [0.1, 0.15) is 108 Å². The molecule has 0 aliphatic carbocycles. The number of hydrogen-bond acceptors (Lipinski definition) is 9. The SMILES string of the molecule is CC(C)(C)C1=Cc2cccn2C1=O.CC(C)(C)c1cc2cc[nH]c2s1.CC(C)(C)c1nc2scnc2s1.CC(C)(C)c1nn2ccnc2s1. The lowest BCUT2D eigenvalue weighted by atomic mass is 9.86. The van der Waals surface area contributed by atoms with Gasteiger partial charge in [-0.2, -0.15) is 5.10 Å². The van der Waals surface area contributed by atoms with Gasteiger partial charge in [-0.25, -0.2) is 19.5 Å². The van der Waals surface area contributed by atoms with Crippen LogP contribution in [0.2, 0.25) is 0 Å². The molecule has 0 fully saturated rings. The van der Waals surface area contributed by atoms with Gasteiger partial charge in [-0.05, 0) is 41.2 Å². The Balaban J connectivity index is 0.000000127. The third-order valence-electron chi connectivity index (χ3n) is 7.48. The zero-order chi connectivity index (χ0) is 35.9. The standard InChI is InChI=1S/C11H13NO.C10H13NS.C8H11N3S.C8H10N2S2/c1-11(2,3)9-7-8-5-4-6-12(8)10(9)13;1-10(2,3)8-6-7-4-5-11-9(7)12-8;1-8(2,3)6-10-11-5-4-9-7(11)12-6;1-8(2,3)7-10-6-5(12-7)9-4-11-6/h4-7H,1-3H3;4-6,11H,1-3H3;4-5H,1-3H3;4H,1-3H3. The van der Waals surface area contributed by atoms with Crippen LogP contribution >= 0.6 is 45.3 Å². The fourth-order valence-corrected chi connectivity index (χ4v) is 8.45. The molecule has 0 spiro atoms. The quantitative estimate of drug-likeness (QED) is 0.167. The van der Waals surface area contributed by atoms with Crippen LogP contribution in [-0.4, -0.2) is 40.0 Å². The van der Waals surface area contributed by atoms with Crippen molar-refractivity contribution < 1.29 is 4.79 Å². The first-order chi connectivity index (χ1) is 22.7. The lowest BCUT2D eigenvalue weighted by Gasteiger charge is -2.18. The number of rotatable bonds is 0. The number of thiazole rings is 2. The predicted molar refractivity (Wildman–Crippen MR) is 211 cm³/mol. The number of nitrogens with zero attached hydrogens (tertiary/aromatic N) is 6. The second-order valence-electron chi connectivity index (χ2n) is 16.1. The van der Waals surface area contributed by atoms with E-state index in [1.165, 1.54) is 20.1 Å². The summed E-state index contributed by atoms with van der Waals surface area (Å²) in [7, 11) is 0. The van der Waals surface area contributed by atoms with Crippen molar-refractivity contribution in [2.24, 2.45) is 5.41 Å². The van der Waals surface area contributed by atoms with Crippen LogP contribution in [0, 0.1) is 5.41 Å². The first-order valence-electron chi connectivity index (χ1n) is 16.2. The molecule has 0 amide bonds. The summed E-state index contributed by atoms with van der Waals surface area (Å²) in [5.41, 5.74) is 4.25. The molecule has 1 N–H and O–H groups in total. The van der Waals surface area contributed by atoms with E-state index < -0.39 is 0 Å². The molecule has 1 aliphatic rings. The summed E-state index contributed by atoms with van der Waals surface area (Å²) < 4.78 is 3.52. The summed E-state index contributed by atoms with van der Waals surface area (Å²) in [4.78, 5) is 33.8. The second-order valence-corrected chi connectivity index (χ2v) is 19.9. The highest BCUT2D eigenvalue weighted by molar-refractivity contribution is 7.25. The molecular formula is C37H47N7OS4. The highest BCUT2D eigenvalue weighted by Crippen LogP contribution is 2.35. The summed E-state index contributed by atoms with van der Waals surface area (Å²) in [6.07, 6.45) is 9.43. The first kappa shape index (κ1) is 36.8. The van der Waals surface area contributed by atoms with Crippen molar-refractivity contribution in [3.63, 3.8) is 0 Å². The van der Waals surface area contributed by atoms with E-state index in [9.17, 15) is 4.79 Å². The van der Waals surface area contributed by atoms with E-state index in [0.717, 1.165) is 30.9 Å². The van der Waals surface area contributed by atoms with E-state index in [4.69, 9.17) is 0 Å². The van der Waals surface area contributed by atoms with Crippen LogP contribution < -0.4 is 0 Å². The molecule has 7 aromatic rings. The van der Waals surface area contributed by atoms with Crippen LogP contribution in [0.4, 0.5) is 0 Å². The van der Waals surface area contributed by atoms with E-state index in [0.29, 0.717) is 0 Å². The van der Waals surface area contributed by atoms with Gasteiger partial charge >= 0.3 is 0 Å². The highest BCUT2D eigenvalue weighted by atomic mass is 32.1. The largest absolute Gasteiger partial charge is 0.353 e. The molecule has 0 atom stereocenters. The van der Waals surface area contributed by atoms with Gasteiger partial charge in [0.1, 0.15) is 10.0 Å². The second kappa shape index (κ2) is 13.7. The van der Waals surface area contributed by atoms with Crippen molar-refractivity contribution in [1.29, 1.82) is 0 Å².